The van der Waals surface area contributed by atoms with Gasteiger partial charge in [0.2, 0.25) is 5.91 Å². The second-order valence-corrected chi connectivity index (χ2v) is 11.6. The molecule has 0 aliphatic rings. The molecular weight excluding hydrogens is 534 g/mol. The van der Waals surface area contributed by atoms with E-state index >= 15 is 0 Å². The molecule has 2 aromatic rings. The summed E-state index contributed by atoms with van der Waals surface area (Å²) in [5, 5.41) is 6.02. The Morgan fingerprint density at radius 3 is 2.28 bits per heavy atom. The number of halogens is 1. The highest BCUT2D eigenvalue weighted by atomic mass is 35.5. The highest BCUT2D eigenvalue weighted by Crippen LogP contribution is 2.30. The Bertz CT molecular complexity index is 1150. The SMILES string of the molecule is CCCCCN(C(=O)C(CS)NC(=O)OC(C)(C)C)C(C(=O)Nc1c(C)cccc1Cl)c1ccc(C)c(C)c1. The summed E-state index contributed by atoms with van der Waals surface area (Å²) >= 11 is 10.8. The third-order valence-corrected chi connectivity index (χ3v) is 7.01. The number of ether oxygens (including phenoxy) is 1. The van der Waals surface area contributed by atoms with Crippen LogP contribution < -0.4 is 10.6 Å². The van der Waals surface area contributed by atoms with Crippen LogP contribution in [0.2, 0.25) is 5.02 Å². The first kappa shape index (κ1) is 32.5. The molecule has 9 heteroatoms. The summed E-state index contributed by atoms with van der Waals surface area (Å²) < 4.78 is 5.38. The van der Waals surface area contributed by atoms with Crippen LogP contribution in [0.4, 0.5) is 10.5 Å². The molecule has 39 heavy (non-hydrogen) atoms. The quantitative estimate of drug-likeness (QED) is 0.203. The first-order chi connectivity index (χ1) is 18.3. The molecule has 0 bridgehead atoms. The Hall–Kier alpha value is -2.71. The zero-order valence-electron chi connectivity index (χ0n) is 24.1. The third-order valence-electron chi connectivity index (χ3n) is 6.33. The lowest BCUT2D eigenvalue weighted by molar-refractivity contribution is -0.140. The van der Waals surface area contributed by atoms with E-state index in [1.165, 1.54) is 0 Å². The van der Waals surface area contributed by atoms with Crippen LogP contribution in [0.1, 0.15) is 75.3 Å². The minimum absolute atomic E-state index is 0.0350. The summed E-state index contributed by atoms with van der Waals surface area (Å²) in [5.74, 6) is -0.775. The van der Waals surface area contributed by atoms with E-state index in [1.807, 2.05) is 51.1 Å². The van der Waals surface area contributed by atoms with Gasteiger partial charge in [0.05, 0.1) is 10.7 Å². The number of nitrogens with zero attached hydrogens (tertiary/aromatic N) is 1. The van der Waals surface area contributed by atoms with Gasteiger partial charge in [-0.3, -0.25) is 9.59 Å². The van der Waals surface area contributed by atoms with Crippen molar-refractivity contribution < 1.29 is 19.1 Å². The maximum atomic E-state index is 14.0. The van der Waals surface area contributed by atoms with Gasteiger partial charge in [0.15, 0.2) is 0 Å². The zero-order chi connectivity index (χ0) is 29.3. The minimum atomic E-state index is -0.992. The van der Waals surface area contributed by atoms with E-state index in [0.29, 0.717) is 29.2 Å². The molecule has 0 fully saturated rings. The maximum absolute atomic E-state index is 14.0. The van der Waals surface area contributed by atoms with Gasteiger partial charge in [-0.1, -0.05) is 61.7 Å². The van der Waals surface area contributed by atoms with Gasteiger partial charge in [0.1, 0.15) is 17.7 Å². The van der Waals surface area contributed by atoms with Gasteiger partial charge >= 0.3 is 6.09 Å². The standard InChI is InChI=1S/C30H42ClN3O4S/c1-8-9-10-16-34(28(36)24(18-39)32-29(37)38-30(5,6)7)26(22-15-14-19(2)21(4)17-22)27(35)33-25-20(3)12-11-13-23(25)31/h11-15,17,24,26,39H,8-10,16,18H2,1-7H3,(H,32,37)(H,33,35). The van der Waals surface area contributed by atoms with E-state index in [-0.39, 0.29) is 5.75 Å². The van der Waals surface area contributed by atoms with Crippen LogP contribution in [0, 0.1) is 20.8 Å². The van der Waals surface area contributed by atoms with Crippen LogP contribution in [0.15, 0.2) is 36.4 Å². The fraction of sp³-hybridized carbons (Fsp3) is 0.500. The fourth-order valence-corrected chi connectivity index (χ4v) is 4.64. The number of aryl methyl sites for hydroxylation is 3. The van der Waals surface area contributed by atoms with Gasteiger partial charge in [-0.2, -0.15) is 12.6 Å². The van der Waals surface area contributed by atoms with Gasteiger partial charge in [-0.25, -0.2) is 4.79 Å². The number of carbonyl (C=O) groups is 3. The number of benzene rings is 2. The lowest BCUT2D eigenvalue weighted by atomic mass is 9.98. The van der Waals surface area contributed by atoms with Crippen molar-refractivity contribution in [2.75, 3.05) is 17.6 Å². The first-order valence-corrected chi connectivity index (χ1v) is 14.3. The average Bonchev–Trinajstić information content (AvgIpc) is 2.85. The molecule has 0 aromatic heterocycles. The van der Waals surface area contributed by atoms with E-state index < -0.39 is 35.6 Å². The molecule has 0 heterocycles. The molecule has 2 aromatic carbocycles. The normalized spacial score (nSPS) is 12.8. The molecule has 7 nitrogen and oxygen atoms in total. The van der Waals surface area contributed by atoms with E-state index in [9.17, 15) is 14.4 Å². The van der Waals surface area contributed by atoms with Crippen LogP contribution in [0.5, 0.6) is 0 Å². The van der Waals surface area contributed by atoms with Crippen LogP contribution in [0.3, 0.4) is 0 Å². The molecular formula is C30H42ClN3O4S. The smallest absolute Gasteiger partial charge is 0.408 e. The van der Waals surface area contributed by atoms with Crippen molar-refractivity contribution in [2.45, 2.75) is 85.4 Å². The van der Waals surface area contributed by atoms with Crippen molar-refractivity contribution in [3.05, 3.63) is 63.7 Å². The maximum Gasteiger partial charge on any atom is 0.408 e. The number of carbonyl (C=O) groups excluding carboxylic acids is 3. The second-order valence-electron chi connectivity index (χ2n) is 10.8. The summed E-state index contributed by atoms with van der Waals surface area (Å²) in [6, 6.07) is 9.16. The minimum Gasteiger partial charge on any atom is -0.444 e. The van der Waals surface area contributed by atoms with E-state index in [1.54, 1.807) is 31.7 Å². The van der Waals surface area contributed by atoms with Crippen LogP contribution >= 0.6 is 24.2 Å². The summed E-state index contributed by atoms with van der Waals surface area (Å²) in [7, 11) is 0. The van der Waals surface area contributed by atoms with Crippen molar-refractivity contribution in [3.63, 3.8) is 0 Å². The number of para-hydroxylation sites is 1. The molecule has 2 N–H and O–H groups in total. The van der Waals surface area contributed by atoms with E-state index in [0.717, 1.165) is 29.5 Å². The van der Waals surface area contributed by atoms with Gasteiger partial charge < -0.3 is 20.3 Å². The number of unbranched alkanes of at least 4 members (excludes halogenated alkanes) is 2. The lowest BCUT2D eigenvalue weighted by Gasteiger charge is -2.34. The largest absolute Gasteiger partial charge is 0.444 e. The molecule has 0 radical (unpaired) electrons. The molecule has 2 rings (SSSR count). The number of amides is 3. The number of hydrogen-bond donors (Lipinski definition) is 3. The Balaban J connectivity index is 2.56. The van der Waals surface area contributed by atoms with Gasteiger partial charge in [0.25, 0.3) is 5.91 Å². The first-order valence-electron chi connectivity index (χ1n) is 13.3. The molecule has 3 amide bonds. The van der Waals surface area contributed by atoms with E-state index in [4.69, 9.17) is 16.3 Å². The predicted octanol–water partition coefficient (Wildman–Crippen LogP) is 6.79. The fourth-order valence-electron chi connectivity index (χ4n) is 4.12. The molecule has 2 atom stereocenters. The van der Waals surface area contributed by atoms with Crippen molar-refractivity contribution in [1.82, 2.24) is 10.2 Å². The van der Waals surface area contributed by atoms with Crippen molar-refractivity contribution in [1.29, 1.82) is 0 Å². The number of anilines is 1. The molecule has 0 saturated carbocycles. The van der Waals surface area contributed by atoms with Gasteiger partial charge in [-0.15, -0.1) is 0 Å². The number of thiol groups is 1. The van der Waals surface area contributed by atoms with Gasteiger partial charge in [-0.05, 0) is 76.3 Å². The van der Waals surface area contributed by atoms with Crippen molar-refractivity contribution in [3.8, 4) is 0 Å². The summed E-state index contributed by atoms with van der Waals surface area (Å²) in [6.45, 7) is 13.5. The highest BCUT2D eigenvalue weighted by Gasteiger charge is 2.36. The van der Waals surface area contributed by atoms with Gasteiger partial charge in [0, 0.05) is 12.3 Å². The Kier molecular flexibility index (Phi) is 12.2. The topological polar surface area (TPSA) is 87.7 Å². The summed E-state index contributed by atoms with van der Waals surface area (Å²) in [6.07, 6.45) is 1.78. The molecule has 0 aliphatic carbocycles. The molecule has 0 spiro atoms. The Morgan fingerprint density at radius 2 is 1.72 bits per heavy atom. The average molecular weight is 576 g/mol. The molecule has 0 saturated heterocycles. The highest BCUT2D eigenvalue weighted by molar-refractivity contribution is 7.80. The van der Waals surface area contributed by atoms with Crippen molar-refractivity contribution >= 4 is 47.8 Å². The Morgan fingerprint density at radius 1 is 1.03 bits per heavy atom. The zero-order valence-corrected chi connectivity index (χ0v) is 25.7. The van der Waals surface area contributed by atoms with Crippen LogP contribution in [-0.2, 0) is 14.3 Å². The summed E-state index contributed by atoms with van der Waals surface area (Å²) in [5.41, 5.74) is 3.31. The Labute approximate surface area is 243 Å². The lowest BCUT2D eigenvalue weighted by Crippen LogP contribution is -2.53. The second kappa shape index (κ2) is 14.6. The molecule has 2 unspecified atom stereocenters. The summed E-state index contributed by atoms with van der Waals surface area (Å²) in [4.78, 5) is 42.1. The predicted molar refractivity (Wildman–Crippen MR) is 162 cm³/mol. The van der Waals surface area contributed by atoms with Crippen molar-refractivity contribution in [2.24, 2.45) is 0 Å². The number of rotatable bonds is 11. The molecule has 0 aliphatic heterocycles. The third kappa shape index (κ3) is 9.46. The number of nitrogens with one attached hydrogen (secondary N) is 2. The van der Waals surface area contributed by atoms with Crippen LogP contribution in [-0.4, -0.2) is 46.7 Å². The van der Waals surface area contributed by atoms with E-state index in [2.05, 4.69) is 30.2 Å². The number of alkyl carbamates (subject to hydrolysis) is 1. The monoisotopic (exact) mass is 575 g/mol. The number of hydrogen-bond acceptors (Lipinski definition) is 5. The van der Waals surface area contributed by atoms with Crippen LogP contribution in [0.25, 0.3) is 0 Å². The molecule has 214 valence electrons.